The number of fused-ring (bicyclic) bond motifs is 1. The van der Waals surface area contributed by atoms with Crippen molar-refractivity contribution in [2.75, 3.05) is 13.6 Å². The molecule has 122 valence electrons. The fourth-order valence-electron chi connectivity index (χ4n) is 3.05. The van der Waals surface area contributed by atoms with Gasteiger partial charge in [0.2, 0.25) is 15.9 Å². The topological polar surface area (TPSA) is 79.4 Å². The first-order chi connectivity index (χ1) is 11.1. The molecule has 1 aliphatic rings. The summed E-state index contributed by atoms with van der Waals surface area (Å²) in [6.45, 7) is 0.358. The highest BCUT2D eigenvalue weighted by Crippen LogP contribution is 2.29. The highest BCUT2D eigenvalue weighted by molar-refractivity contribution is 7.89. The van der Waals surface area contributed by atoms with E-state index in [1.807, 2.05) is 0 Å². The zero-order chi connectivity index (χ0) is 16.4. The number of rotatable bonds is 3. The Balaban J connectivity index is 2.10. The summed E-state index contributed by atoms with van der Waals surface area (Å²) < 4.78 is 27.6. The molecule has 0 unspecified atom stereocenters. The summed E-state index contributed by atoms with van der Waals surface area (Å²) in [6.07, 6.45) is 3.78. The third-order valence-corrected chi connectivity index (χ3v) is 6.16. The van der Waals surface area contributed by atoms with Crippen LogP contribution in [0.4, 0.5) is 0 Å². The second-order valence-electron chi connectivity index (χ2n) is 5.57. The van der Waals surface area contributed by atoms with Crippen molar-refractivity contribution in [1.29, 1.82) is 0 Å². The number of carbonyl (C=O) groups excluding carboxylic acids is 1. The first kappa shape index (κ1) is 15.9. The summed E-state index contributed by atoms with van der Waals surface area (Å²) in [7, 11) is -2.23. The summed E-state index contributed by atoms with van der Waals surface area (Å²) in [6, 6.07) is 7.85. The zero-order valence-electron chi connectivity index (χ0n) is 12.9. The number of carbonyl (C=O) groups is 1. The van der Waals surface area contributed by atoms with Gasteiger partial charge in [-0.2, -0.15) is 4.31 Å². The Labute approximate surface area is 135 Å². The molecule has 0 radical (unpaired) electrons. The van der Waals surface area contributed by atoms with Crippen LogP contribution in [0, 0.1) is 0 Å². The predicted octanol–water partition coefficient (Wildman–Crippen LogP) is 1.52. The van der Waals surface area contributed by atoms with E-state index < -0.39 is 16.1 Å². The second kappa shape index (κ2) is 6.25. The Kier molecular flexibility index (Phi) is 4.32. The minimum atomic E-state index is -3.76. The van der Waals surface area contributed by atoms with Gasteiger partial charge in [-0.3, -0.25) is 9.78 Å². The average Bonchev–Trinajstić information content (AvgIpc) is 2.60. The largest absolute Gasteiger partial charge is 0.358 e. The van der Waals surface area contributed by atoms with Crippen LogP contribution < -0.4 is 5.32 Å². The molecular weight excluding hydrogens is 314 g/mol. The third kappa shape index (κ3) is 2.82. The molecule has 1 atom stereocenters. The molecule has 1 amide bonds. The van der Waals surface area contributed by atoms with Gasteiger partial charge in [-0.25, -0.2) is 8.42 Å². The summed E-state index contributed by atoms with van der Waals surface area (Å²) in [5.41, 5.74) is 0.627. The van der Waals surface area contributed by atoms with Gasteiger partial charge < -0.3 is 5.32 Å². The van der Waals surface area contributed by atoms with E-state index in [0.717, 1.165) is 12.8 Å². The van der Waals surface area contributed by atoms with Crippen molar-refractivity contribution in [3.8, 4) is 0 Å². The van der Waals surface area contributed by atoms with Gasteiger partial charge in [-0.1, -0.05) is 12.5 Å². The fourth-order valence-corrected chi connectivity index (χ4v) is 4.91. The first-order valence-electron chi connectivity index (χ1n) is 7.63. The van der Waals surface area contributed by atoms with Crippen LogP contribution in [0.25, 0.3) is 10.9 Å². The normalized spacial score (nSPS) is 19.6. The Morgan fingerprint density at radius 1 is 1.26 bits per heavy atom. The number of nitrogens with zero attached hydrogens (tertiary/aromatic N) is 2. The molecule has 2 heterocycles. The van der Waals surface area contributed by atoms with Gasteiger partial charge in [0.05, 0.1) is 10.4 Å². The van der Waals surface area contributed by atoms with Crippen LogP contribution in [0.1, 0.15) is 19.3 Å². The van der Waals surface area contributed by atoms with E-state index in [4.69, 9.17) is 0 Å². The zero-order valence-corrected chi connectivity index (χ0v) is 13.7. The molecule has 0 aliphatic carbocycles. The summed E-state index contributed by atoms with van der Waals surface area (Å²) in [4.78, 5) is 16.5. The number of nitrogens with one attached hydrogen (secondary N) is 1. The molecule has 1 aliphatic heterocycles. The van der Waals surface area contributed by atoms with E-state index in [0.29, 0.717) is 23.9 Å². The van der Waals surface area contributed by atoms with Crippen LogP contribution in [0.2, 0.25) is 0 Å². The number of aromatic nitrogens is 1. The average molecular weight is 333 g/mol. The maximum absolute atomic E-state index is 13.2. The highest BCUT2D eigenvalue weighted by atomic mass is 32.2. The smallest absolute Gasteiger partial charge is 0.244 e. The van der Waals surface area contributed by atoms with Crippen LogP contribution >= 0.6 is 0 Å². The molecule has 23 heavy (non-hydrogen) atoms. The minimum absolute atomic E-state index is 0.207. The number of hydrogen-bond donors (Lipinski definition) is 1. The van der Waals surface area contributed by atoms with Gasteiger partial charge in [0, 0.05) is 25.2 Å². The number of sulfonamides is 1. The SMILES string of the molecule is CNC(=O)[C@@H]1CCCCN1S(=O)(=O)c1cccc2ncccc12. The number of pyridine rings is 1. The second-order valence-corrected chi connectivity index (χ2v) is 7.43. The summed E-state index contributed by atoms with van der Waals surface area (Å²) in [5, 5.41) is 3.15. The molecule has 1 aromatic carbocycles. The van der Waals surface area contributed by atoms with E-state index in [9.17, 15) is 13.2 Å². The van der Waals surface area contributed by atoms with E-state index >= 15 is 0 Å². The highest BCUT2D eigenvalue weighted by Gasteiger charge is 2.37. The molecular formula is C16H19N3O3S. The predicted molar refractivity (Wildman–Crippen MR) is 87.3 cm³/mol. The molecule has 0 saturated carbocycles. The van der Waals surface area contributed by atoms with Crippen molar-refractivity contribution in [3.63, 3.8) is 0 Å². The number of hydrogen-bond acceptors (Lipinski definition) is 4. The fraction of sp³-hybridized carbons (Fsp3) is 0.375. The van der Waals surface area contributed by atoms with Crippen LogP contribution in [0.15, 0.2) is 41.4 Å². The van der Waals surface area contributed by atoms with Crippen molar-refractivity contribution in [2.45, 2.75) is 30.2 Å². The van der Waals surface area contributed by atoms with Crippen molar-refractivity contribution in [3.05, 3.63) is 36.5 Å². The Morgan fingerprint density at radius 2 is 2.09 bits per heavy atom. The number of amides is 1. The molecule has 6 nitrogen and oxygen atoms in total. The van der Waals surface area contributed by atoms with Crippen molar-refractivity contribution in [2.24, 2.45) is 0 Å². The van der Waals surface area contributed by atoms with E-state index in [-0.39, 0.29) is 10.8 Å². The molecule has 0 bridgehead atoms. The lowest BCUT2D eigenvalue weighted by molar-refractivity contribution is -0.125. The quantitative estimate of drug-likeness (QED) is 0.924. The van der Waals surface area contributed by atoms with Gasteiger partial charge >= 0.3 is 0 Å². The van der Waals surface area contributed by atoms with Crippen LogP contribution in [0.3, 0.4) is 0 Å². The van der Waals surface area contributed by atoms with Gasteiger partial charge in [0.1, 0.15) is 6.04 Å². The Morgan fingerprint density at radius 3 is 2.87 bits per heavy atom. The Bertz CT molecular complexity index is 830. The third-order valence-electron chi connectivity index (χ3n) is 4.20. The standard InChI is InChI=1S/C16H19N3O3S/c1-17-16(20)14-8-2-3-11-19(14)23(21,22)15-9-4-7-13-12(15)6-5-10-18-13/h4-7,9-10,14H,2-3,8,11H2,1H3,(H,17,20)/t14-/m0/s1. The molecule has 1 saturated heterocycles. The number of benzene rings is 1. The van der Waals surface area contributed by atoms with Crippen LogP contribution in [-0.2, 0) is 14.8 Å². The van der Waals surface area contributed by atoms with Crippen molar-refractivity contribution < 1.29 is 13.2 Å². The number of likely N-dealkylation sites (N-methyl/N-ethyl adjacent to an activating group) is 1. The van der Waals surface area contributed by atoms with Gasteiger partial charge in [0.15, 0.2) is 0 Å². The van der Waals surface area contributed by atoms with E-state index in [1.54, 1.807) is 36.5 Å². The monoisotopic (exact) mass is 333 g/mol. The van der Waals surface area contributed by atoms with Gasteiger partial charge in [0.25, 0.3) is 0 Å². The lowest BCUT2D eigenvalue weighted by Crippen LogP contribution is -2.51. The molecule has 1 fully saturated rings. The summed E-state index contributed by atoms with van der Waals surface area (Å²) >= 11 is 0. The molecule has 1 aromatic heterocycles. The molecule has 0 spiro atoms. The van der Waals surface area contributed by atoms with E-state index in [1.165, 1.54) is 11.4 Å². The molecule has 3 rings (SSSR count). The molecule has 2 aromatic rings. The van der Waals surface area contributed by atoms with Gasteiger partial charge in [-0.05, 0) is 37.1 Å². The van der Waals surface area contributed by atoms with Crippen molar-refractivity contribution in [1.82, 2.24) is 14.6 Å². The van der Waals surface area contributed by atoms with Crippen LogP contribution in [-0.4, -0.2) is 43.2 Å². The summed E-state index contributed by atoms with van der Waals surface area (Å²) in [5.74, 6) is -0.258. The lowest BCUT2D eigenvalue weighted by atomic mass is 10.0. The lowest BCUT2D eigenvalue weighted by Gasteiger charge is -2.33. The molecule has 1 N–H and O–H groups in total. The van der Waals surface area contributed by atoms with Crippen LogP contribution in [0.5, 0.6) is 0 Å². The minimum Gasteiger partial charge on any atom is -0.358 e. The molecule has 7 heteroatoms. The van der Waals surface area contributed by atoms with Gasteiger partial charge in [-0.15, -0.1) is 0 Å². The number of piperidine rings is 1. The first-order valence-corrected chi connectivity index (χ1v) is 9.07. The van der Waals surface area contributed by atoms with Crippen molar-refractivity contribution >= 4 is 26.8 Å². The maximum Gasteiger partial charge on any atom is 0.244 e. The van der Waals surface area contributed by atoms with E-state index in [2.05, 4.69) is 10.3 Å². The maximum atomic E-state index is 13.2. The Hall–Kier alpha value is -1.99.